The van der Waals surface area contributed by atoms with Gasteiger partial charge in [-0.2, -0.15) is 0 Å². The van der Waals surface area contributed by atoms with Crippen molar-refractivity contribution in [1.82, 2.24) is 4.90 Å². The Morgan fingerprint density at radius 2 is 2.16 bits per heavy atom. The molecule has 5 heteroatoms. The van der Waals surface area contributed by atoms with Gasteiger partial charge in [0.25, 0.3) is 0 Å². The molecule has 2 aliphatic rings. The molecule has 0 amide bonds. The molecule has 1 aliphatic carbocycles. The molecule has 0 bridgehead atoms. The van der Waals surface area contributed by atoms with Gasteiger partial charge in [-0.1, -0.05) is 20.8 Å². The molecule has 1 aliphatic heterocycles. The Morgan fingerprint density at radius 3 is 2.74 bits per heavy atom. The van der Waals surface area contributed by atoms with Crippen LogP contribution < -0.4 is 0 Å². The molecule has 0 unspecified atom stereocenters. The van der Waals surface area contributed by atoms with Crippen molar-refractivity contribution in [2.24, 2.45) is 5.41 Å². The van der Waals surface area contributed by atoms with Gasteiger partial charge in [0.15, 0.2) is 5.78 Å². The number of ether oxygens (including phenoxy) is 1. The molecular weight excluding hydrogens is 246 g/mol. The maximum atomic E-state index is 12.2. The van der Waals surface area contributed by atoms with Gasteiger partial charge < -0.3 is 19.8 Å². The predicted molar refractivity (Wildman–Crippen MR) is 70.2 cm³/mol. The summed E-state index contributed by atoms with van der Waals surface area (Å²) in [6.45, 7) is 7.03. The highest BCUT2D eigenvalue weighted by Crippen LogP contribution is 2.38. The molecule has 0 radical (unpaired) electrons. The monoisotopic (exact) mass is 267 g/mol. The van der Waals surface area contributed by atoms with Gasteiger partial charge in [0.2, 0.25) is 5.79 Å². The first-order valence-corrected chi connectivity index (χ1v) is 6.50. The van der Waals surface area contributed by atoms with Crippen LogP contribution in [0.15, 0.2) is 23.4 Å². The van der Waals surface area contributed by atoms with Crippen molar-refractivity contribution < 1.29 is 19.7 Å². The second kappa shape index (κ2) is 4.74. The highest BCUT2D eigenvalue weighted by Gasteiger charge is 2.43. The molecule has 1 saturated heterocycles. The number of aliphatic hydroxyl groups is 2. The van der Waals surface area contributed by atoms with E-state index in [-0.39, 0.29) is 17.8 Å². The van der Waals surface area contributed by atoms with Crippen molar-refractivity contribution in [3.05, 3.63) is 23.4 Å². The van der Waals surface area contributed by atoms with E-state index in [0.29, 0.717) is 31.0 Å². The van der Waals surface area contributed by atoms with Crippen molar-refractivity contribution in [3.8, 4) is 0 Å². The van der Waals surface area contributed by atoms with Gasteiger partial charge in [-0.15, -0.1) is 0 Å². The smallest absolute Gasteiger partial charge is 0.228 e. The fourth-order valence-corrected chi connectivity index (χ4v) is 2.45. The number of hydrogen-bond donors (Lipinski definition) is 2. The normalized spacial score (nSPS) is 27.8. The molecule has 0 saturated carbocycles. The first-order valence-electron chi connectivity index (χ1n) is 6.50. The van der Waals surface area contributed by atoms with E-state index in [9.17, 15) is 9.90 Å². The number of ketones is 1. The van der Waals surface area contributed by atoms with Gasteiger partial charge in [-0.25, -0.2) is 0 Å². The van der Waals surface area contributed by atoms with E-state index in [2.05, 4.69) is 0 Å². The molecule has 0 aromatic carbocycles. The summed E-state index contributed by atoms with van der Waals surface area (Å²) in [5.41, 5.74) is 0.618. The second-order valence-corrected chi connectivity index (χ2v) is 5.96. The lowest BCUT2D eigenvalue weighted by molar-refractivity contribution is -0.179. The van der Waals surface area contributed by atoms with Crippen molar-refractivity contribution in [2.75, 3.05) is 26.3 Å². The Hall–Kier alpha value is -1.17. The largest absolute Gasteiger partial charge is 0.395 e. The van der Waals surface area contributed by atoms with E-state index in [1.54, 1.807) is 4.90 Å². The molecule has 19 heavy (non-hydrogen) atoms. The highest BCUT2D eigenvalue weighted by molar-refractivity contribution is 6.06. The number of allylic oxidation sites excluding steroid dienone is 2. The van der Waals surface area contributed by atoms with E-state index < -0.39 is 5.79 Å². The van der Waals surface area contributed by atoms with E-state index >= 15 is 0 Å². The predicted octanol–water partition coefficient (Wildman–Crippen LogP) is 0.439. The zero-order valence-corrected chi connectivity index (χ0v) is 11.6. The summed E-state index contributed by atoms with van der Waals surface area (Å²) in [5.74, 6) is -1.66. The van der Waals surface area contributed by atoms with Gasteiger partial charge in [0.05, 0.1) is 18.9 Å². The number of hydrogen-bond acceptors (Lipinski definition) is 5. The van der Waals surface area contributed by atoms with E-state index in [1.807, 2.05) is 20.8 Å². The third-order valence-electron chi connectivity index (χ3n) is 3.44. The number of nitrogens with zero attached hydrogens (tertiary/aromatic N) is 1. The number of fused-ring (bicyclic) bond motifs is 1. The fraction of sp³-hybridized carbons (Fsp3) is 0.643. The Labute approximate surface area is 113 Å². The zero-order chi connectivity index (χ0) is 14.3. The van der Waals surface area contributed by atoms with Crippen LogP contribution in [0.5, 0.6) is 0 Å². The van der Waals surface area contributed by atoms with Crippen LogP contribution in [-0.2, 0) is 9.53 Å². The minimum absolute atomic E-state index is 0.0303. The van der Waals surface area contributed by atoms with Crippen LogP contribution in [0.2, 0.25) is 0 Å². The number of rotatable bonds is 2. The lowest BCUT2D eigenvalue weighted by Gasteiger charge is -2.43. The van der Waals surface area contributed by atoms with Crippen LogP contribution >= 0.6 is 0 Å². The summed E-state index contributed by atoms with van der Waals surface area (Å²) >= 11 is 0. The maximum Gasteiger partial charge on any atom is 0.228 e. The van der Waals surface area contributed by atoms with Gasteiger partial charge in [-0.05, 0) is 11.5 Å². The third-order valence-corrected chi connectivity index (χ3v) is 3.44. The molecule has 1 heterocycles. The van der Waals surface area contributed by atoms with Crippen LogP contribution in [0, 0.1) is 5.41 Å². The number of carbonyl (C=O) groups is 1. The topological polar surface area (TPSA) is 70.0 Å². The number of β-amino-alcohol motifs (C(OH)–C–C–N with tert-alkyl or cyclic N) is 1. The molecule has 0 aromatic heterocycles. The summed E-state index contributed by atoms with van der Waals surface area (Å²) < 4.78 is 5.46. The summed E-state index contributed by atoms with van der Waals surface area (Å²) in [5, 5.41) is 19.6. The van der Waals surface area contributed by atoms with Crippen LogP contribution in [0.1, 0.15) is 20.8 Å². The Morgan fingerprint density at radius 1 is 1.47 bits per heavy atom. The fourth-order valence-electron chi connectivity index (χ4n) is 2.45. The molecule has 1 fully saturated rings. The van der Waals surface area contributed by atoms with E-state index in [4.69, 9.17) is 9.84 Å². The van der Waals surface area contributed by atoms with Gasteiger partial charge in [0, 0.05) is 24.7 Å². The van der Waals surface area contributed by atoms with Crippen molar-refractivity contribution in [1.29, 1.82) is 0 Å². The molecule has 106 valence electrons. The minimum atomic E-state index is -1.55. The van der Waals surface area contributed by atoms with Gasteiger partial charge in [0.1, 0.15) is 0 Å². The van der Waals surface area contributed by atoms with Crippen molar-refractivity contribution in [2.45, 2.75) is 26.6 Å². The number of carbonyl (C=O) groups excluding carboxylic acids is 1. The van der Waals surface area contributed by atoms with E-state index in [1.165, 1.54) is 12.2 Å². The van der Waals surface area contributed by atoms with Crippen LogP contribution in [0.25, 0.3) is 0 Å². The molecule has 2 N–H and O–H groups in total. The summed E-state index contributed by atoms with van der Waals surface area (Å²) in [6, 6.07) is 0. The maximum absolute atomic E-state index is 12.2. The molecule has 1 atom stereocenters. The summed E-state index contributed by atoms with van der Waals surface area (Å²) in [6.07, 6.45) is 2.93. The Bertz CT molecular complexity index is 445. The Kier molecular flexibility index (Phi) is 3.55. The lowest BCUT2D eigenvalue weighted by Crippen LogP contribution is -2.51. The summed E-state index contributed by atoms with van der Waals surface area (Å²) in [4.78, 5) is 14.0. The highest BCUT2D eigenvalue weighted by atomic mass is 16.6. The molecular formula is C14H21NO4. The first kappa shape index (κ1) is 14.2. The zero-order valence-electron chi connectivity index (χ0n) is 11.6. The van der Waals surface area contributed by atoms with Crippen LogP contribution in [0.3, 0.4) is 0 Å². The van der Waals surface area contributed by atoms with Gasteiger partial charge in [-0.3, -0.25) is 4.79 Å². The number of aliphatic hydroxyl groups excluding tert-OH is 1. The Balaban J connectivity index is 2.39. The third kappa shape index (κ3) is 2.59. The molecule has 0 spiro atoms. The van der Waals surface area contributed by atoms with Crippen LogP contribution in [-0.4, -0.2) is 53.0 Å². The average Bonchev–Trinajstić information content (AvgIpc) is 2.29. The molecule has 0 aromatic rings. The SMILES string of the molecule is CC(C)(C)C1=C[C@]2(O)OCCN(CCO)C2=CC1=O. The molecule has 2 rings (SSSR count). The van der Waals surface area contributed by atoms with Crippen molar-refractivity contribution in [3.63, 3.8) is 0 Å². The first-order chi connectivity index (χ1) is 8.78. The second-order valence-electron chi connectivity index (χ2n) is 5.96. The number of morpholine rings is 1. The molecule has 5 nitrogen and oxygen atoms in total. The summed E-state index contributed by atoms with van der Waals surface area (Å²) in [7, 11) is 0. The van der Waals surface area contributed by atoms with Crippen molar-refractivity contribution >= 4 is 5.78 Å². The van der Waals surface area contributed by atoms with Gasteiger partial charge >= 0.3 is 0 Å². The van der Waals surface area contributed by atoms with E-state index in [0.717, 1.165) is 0 Å². The standard InChI is InChI=1S/C14H21NO4/c1-13(2,3)10-9-14(18)12(8-11(10)17)15(4-6-16)5-7-19-14/h8-9,16,18H,4-7H2,1-3H3/t14-/m0/s1. The van der Waals surface area contributed by atoms with Crippen LogP contribution in [0.4, 0.5) is 0 Å². The lowest BCUT2D eigenvalue weighted by atomic mass is 9.79. The quantitative estimate of drug-likeness (QED) is 0.759. The average molecular weight is 267 g/mol. The minimum Gasteiger partial charge on any atom is -0.395 e.